The zero-order chi connectivity index (χ0) is 10.1. The van der Waals surface area contributed by atoms with Crippen LogP contribution in [0.4, 0.5) is 10.5 Å². The van der Waals surface area contributed by atoms with Crippen molar-refractivity contribution in [3.05, 3.63) is 48.7 Å². The Hall–Kier alpha value is -2.03. The summed E-state index contributed by atoms with van der Waals surface area (Å²) >= 11 is 0. The lowest BCUT2D eigenvalue weighted by molar-refractivity contribution is 0.204. The lowest BCUT2D eigenvalue weighted by atomic mass is 10.0. The molecule has 0 radical (unpaired) electrons. The molecule has 70 valence electrons. The van der Waals surface area contributed by atoms with Crippen molar-refractivity contribution >= 4 is 17.4 Å². The van der Waals surface area contributed by atoms with Crippen LogP contribution in [0, 0.1) is 0 Å². The van der Waals surface area contributed by atoms with E-state index in [1.165, 1.54) is 11.1 Å². The lowest BCUT2D eigenvalue weighted by Crippen LogP contribution is -2.25. The SMILES string of the molecule is C=C1C=CN(C(=O)O)c2ccccc21. The molecule has 0 bridgehead atoms. The van der Waals surface area contributed by atoms with Crippen LogP contribution in [0.5, 0.6) is 0 Å². The van der Waals surface area contributed by atoms with E-state index < -0.39 is 6.09 Å². The number of anilines is 1. The van der Waals surface area contributed by atoms with Crippen molar-refractivity contribution in [3.8, 4) is 0 Å². The van der Waals surface area contributed by atoms with Gasteiger partial charge in [0.1, 0.15) is 0 Å². The predicted octanol–water partition coefficient (Wildman–Crippen LogP) is 2.71. The summed E-state index contributed by atoms with van der Waals surface area (Å²) in [5.74, 6) is 0. The van der Waals surface area contributed by atoms with Crippen LogP contribution in [0.25, 0.3) is 5.57 Å². The van der Waals surface area contributed by atoms with E-state index in [1.54, 1.807) is 18.2 Å². The average molecular weight is 187 g/mol. The second-order valence-electron chi connectivity index (χ2n) is 3.01. The third kappa shape index (κ3) is 1.19. The standard InChI is InChI=1S/C11H9NO2/c1-8-6-7-12(11(13)14)10-5-3-2-4-9(8)10/h2-7H,1H2,(H,13,14). The number of nitrogens with zero attached hydrogens (tertiary/aromatic N) is 1. The molecule has 0 fully saturated rings. The molecule has 0 unspecified atom stereocenters. The molecule has 1 aliphatic rings. The number of hydrogen-bond donors (Lipinski definition) is 1. The first-order chi connectivity index (χ1) is 6.70. The van der Waals surface area contributed by atoms with E-state index in [2.05, 4.69) is 6.58 Å². The van der Waals surface area contributed by atoms with Crippen LogP contribution >= 0.6 is 0 Å². The molecule has 1 aliphatic heterocycles. The Kier molecular flexibility index (Phi) is 1.85. The largest absolute Gasteiger partial charge is 0.464 e. The van der Waals surface area contributed by atoms with Crippen molar-refractivity contribution in [1.29, 1.82) is 0 Å². The van der Waals surface area contributed by atoms with Gasteiger partial charge in [0.05, 0.1) is 5.69 Å². The van der Waals surface area contributed by atoms with Crippen molar-refractivity contribution < 1.29 is 9.90 Å². The monoisotopic (exact) mass is 187 g/mol. The van der Waals surface area contributed by atoms with Gasteiger partial charge in [-0.25, -0.2) is 4.79 Å². The van der Waals surface area contributed by atoms with E-state index in [-0.39, 0.29) is 0 Å². The summed E-state index contributed by atoms with van der Waals surface area (Å²) in [6.45, 7) is 3.84. The van der Waals surface area contributed by atoms with Crippen LogP contribution in [0.3, 0.4) is 0 Å². The Morgan fingerprint density at radius 3 is 2.79 bits per heavy atom. The Bertz CT molecular complexity index is 435. The van der Waals surface area contributed by atoms with Crippen molar-refractivity contribution in [3.63, 3.8) is 0 Å². The minimum atomic E-state index is -0.985. The highest BCUT2D eigenvalue weighted by Gasteiger charge is 2.18. The lowest BCUT2D eigenvalue weighted by Gasteiger charge is -2.22. The molecule has 1 heterocycles. The molecule has 1 aromatic rings. The summed E-state index contributed by atoms with van der Waals surface area (Å²) in [6.07, 6.45) is 2.21. The Morgan fingerprint density at radius 2 is 2.07 bits per heavy atom. The Balaban J connectivity index is 2.58. The molecule has 1 amide bonds. The summed E-state index contributed by atoms with van der Waals surface area (Å²) in [6, 6.07) is 7.29. The number of carbonyl (C=O) groups is 1. The van der Waals surface area contributed by atoms with Gasteiger partial charge in [-0.1, -0.05) is 24.8 Å². The first-order valence-electron chi connectivity index (χ1n) is 4.19. The van der Waals surface area contributed by atoms with E-state index in [9.17, 15) is 4.79 Å². The molecule has 3 heteroatoms. The number of carboxylic acid groups (broad SMARTS) is 1. The zero-order valence-electron chi connectivity index (χ0n) is 7.47. The van der Waals surface area contributed by atoms with Gasteiger partial charge >= 0.3 is 6.09 Å². The molecule has 1 aromatic carbocycles. The number of hydrogen-bond acceptors (Lipinski definition) is 1. The first-order valence-corrected chi connectivity index (χ1v) is 4.19. The highest BCUT2D eigenvalue weighted by Crippen LogP contribution is 2.31. The van der Waals surface area contributed by atoms with Gasteiger partial charge in [0.25, 0.3) is 0 Å². The molecule has 0 atom stereocenters. The van der Waals surface area contributed by atoms with Gasteiger partial charge in [0.15, 0.2) is 0 Å². The molecule has 1 N–H and O–H groups in total. The minimum Gasteiger partial charge on any atom is -0.464 e. The van der Waals surface area contributed by atoms with Gasteiger partial charge in [0, 0.05) is 11.8 Å². The fraction of sp³-hybridized carbons (Fsp3) is 0. The number of para-hydroxylation sites is 1. The number of benzene rings is 1. The molecular formula is C11H9NO2. The molecular weight excluding hydrogens is 178 g/mol. The predicted molar refractivity (Wildman–Crippen MR) is 55.1 cm³/mol. The second kappa shape index (κ2) is 3.03. The molecule has 0 spiro atoms. The van der Waals surface area contributed by atoms with E-state index in [4.69, 9.17) is 5.11 Å². The fourth-order valence-corrected chi connectivity index (χ4v) is 1.46. The minimum absolute atomic E-state index is 0.660. The molecule has 0 aliphatic carbocycles. The van der Waals surface area contributed by atoms with Crippen LogP contribution in [-0.4, -0.2) is 11.2 Å². The van der Waals surface area contributed by atoms with Crippen LogP contribution in [0.15, 0.2) is 43.1 Å². The Morgan fingerprint density at radius 1 is 1.36 bits per heavy atom. The van der Waals surface area contributed by atoms with Crippen molar-refractivity contribution in [2.24, 2.45) is 0 Å². The molecule has 2 rings (SSSR count). The van der Waals surface area contributed by atoms with Crippen LogP contribution in [-0.2, 0) is 0 Å². The maximum absolute atomic E-state index is 10.9. The maximum atomic E-state index is 10.9. The smallest absolute Gasteiger partial charge is 0.415 e. The summed E-state index contributed by atoms with van der Waals surface area (Å²) in [4.78, 5) is 12.1. The number of rotatable bonds is 0. The highest BCUT2D eigenvalue weighted by molar-refractivity contribution is 5.97. The number of allylic oxidation sites excluding steroid dienone is 2. The van der Waals surface area contributed by atoms with Gasteiger partial charge < -0.3 is 5.11 Å². The zero-order valence-corrected chi connectivity index (χ0v) is 7.47. The summed E-state index contributed by atoms with van der Waals surface area (Å²) < 4.78 is 0. The molecule has 0 aromatic heterocycles. The third-order valence-electron chi connectivity index (χ3n) is 2.14. The van der Waals surface area contributed by atoms with Gasteiger partial charge in [-0.3, -0.25) is 4.90 Å². The van der Waals surface area contributed by atoms with E-state index in [0.29, 0.717) is 5.69 Å². The topological polar surface area (TPSA) is 40.5 Å². The quantitative estimate of drug-likeness (QED) is 0.678. The Labute approximate surface area is 81.6 Å². The average Bonchev–Trinajstić information content (AvgIpc) is 2.18. The number of amides is 1. The third-order valence-corrected chi connectivity index (χ3v) is 2.14. The summed E-state index contributed by atoms with van der Waals surface area (Å²) in [5, 5.41) is 8.92. The molecule has 3 nitrogen and oxygen atoms in total. The molecule has 0 saturated heterocycles. The fourth-order valence-electron chi connectivity index (χ4n) is 1.46. The van der Waals surface area contributed by atoms with Gasteiger partial charge in [-0.15, -0.1) is 0 Å². The van der Waals surface area contributed by atoms with Crippen molar-refractivity contribution in [1.82, 2.24) is 0 Å². The van der Waals surface area contributed by atoms with Crippen LogP contribution in [0.1, 0.15) is 5.56 Å². The van der Waals surface area contributed by atoms with Gasteiger partial charge in [0.2, 0.25) is 0 Å². The maximum Gasteiger partial charge on any atom is 0.415 e. The van der Waals surface area contributed by atoms with Crippen molar-refractivity contribution in [2.75, 3.05) is 4.90 Å². The number of fused-ring (bicyclic) bond motifs is 1. The van der Waals surface area contributed by atoms with Gasteiger partial charge in [-0.05, 0) is 17.7 Å². The van der Waals surface area contributed by atoms with E-state index in [1.807, 2.05) is 12.1 Å². The second-order valence-corrected chi connectivity index (χ2v) is 3.01. The first kappa shape index (κ1) is 8.56. The normalized spacial score (nSPS) is 14.0. The highest BCUT2D eigenvalue weighted by atomic mass is 16.4. The van der Waals surface area contributed by atoms with Crippen LogP contribution < -0.4 is 4.90 Å². The van der Waals surface area contributed by atoms with E-state index in [0.717, 1.165) is 11.1 Å². The van der Waals surface area contributed by atoms with Crippen molar-refractivity contribution in [2.45, 2.75) is 0 Å². The molecule has 14 heavy (non-hydrogen) atoms. The van der Waals surface area contributed by atoms with E-state index >= 15 is 0 Å². The summed E-state index contributed by atoms with van der Waals surface area (Å²) in [5.41, 5.74) is 2.35. The van der Waals surface area contributed by atoms with Crippen LogP contribution in [0.2, 0.25) is 0 Å². The molecule has 0 saturated carbocycles. The van der Waals surface area contributed by atoms with Gasteiger partial charge in [-0.2, -0.15) is 0 Å². The summed E-state index contributed by atoms with van der Waals surface area (Å²) in [7, 11) is 0.